The Morgan fingerprint density at radius 1 is 0.532 bits per heavy atom. The third kappa shape index (κ3) is 8.60. The quantitative estimate of drug-likeness (QED) is 0.0602. The molecule has 0 fully saturated rings. The zero-order valence-corrected chi connectivity index (χ0v) is 28.7. The van der Waals surface area contributed by atoms with Crippen LogP contribution in [-0.4, -0.2) is 46.5 Å². The Balaban J connectivity index is 1.83. The van der Waals surface area contributed by atoms with E-state index in [9.17, 15) is 43.2 Å². The van der Waals surface area contributed by atoms with Crippen LogP contribution < -0.4 is 21.2 Å². The van der Waals surface area contributed by atoms with Gasteiger partial charge in [-0.25, -0.2) is 8.15 Å². The van der Waals surface area contributed by atoms with Crippen molar-refractivity contribution in [2.24, 2.45) is 0 Å². The molecule has 6 nitrogen and oxygen atoms in total. The molecule has 0 N–H and O–H groups in total. The normalized spacial score (nSPS) is 13.7. The molecule has 4 aromatic carbocycles. The Kier molecular flexibility index (Phi) is 11.9. The van der Waals surface area contributed by atoms with Gasteiger partial charge in [0.2, 0.25) is 8.50 Å². The summed E-state index contributed by atoms with van der Waals surface area (Å²) in [5, 5.41) is 2.21. The predicted molar refractivity (Wildman–Crippen MR) is 178 cm³/mol. The minimum absolute atomic E-state index is 0.0757. The lowest BCUT2D eigenvalue weighted by Crippen LogP contribution is -2.33. The molecule has 1 unspecified atom stereocenters. The Morgan fingerprint density at radius 3 is 1.26 bits per heavy atom. The van der Waals surface area contributed by atoms with Crippen molar-refractivity contribution in [1.82, 2.24) is 0 Å². The van der Waals surface area contributed by atoms with E-state index in [1.807, 2.05) is 0 Å². The third-order valence-electron chi connectivity index (χ3n) is 7.23. The van der Waals surface area contributed by atoms with E-state index in [4.69, 9.17) is 8.15 Å². The summed E-state index contributed by atoms with van der Waals surface area (Å²) in [6, 6.07) is 33.4. The molecule has 0 aliphatic carbocycles. The fourth-order valence-electron chi connectivity index (χ4n) is 4.93. The monoisotopic (exact) mass is 756 g/mol. The molecule has 4 rings (SSSR count). The standard InChI is InChI=1S/C30H29F6O6P3S2/c31-29(32,33)46(37,38)41-24-44(25-14-5-1-6-15-25,26-16-7-2-8-17-26)22-13-23-45(27-18-9-3-10-19-27,28-20-11-4-12-21-28)43-42-47(39,40)30(34,35)36/h1-12,14-21,43H,13,22-24H2/q+2. The van der Waals surface area contributed by atoms with E-state index in [2.05, 4.69) is 0 Å². The maximum atomic E-state index is 13.4. The molecule has 0 saturated heterocycles. The van der Waals surface area contributed by atoms with E-state index in [-0.39, 0.29) is 18.7 Å². The third-order valence-corrected chi connectivity index (χ3v) is 21.8. The molecule has 1 atom stereocenters. The van der Waals surface area contributed by atoms with E-state index >= 15 is 0 Å². The van der Waals surface area contributed by atoms with Crippen LogP contribution in [0.15, 0.2) is 121 Å². The van der Waals surface area contributed by atoms with Gasteiger partial charge in [-0.15, -0.1) is 0 Å². The molecular formula is C30H29F6O6P3S2+2. The first-order chi connectivity index (χ1) is 22.0. The lowest BCUT2D eigenvalue weighted by Gasteiger charge is -2.29. The van der Waals surface area contributed by atoms with Crippen LogP contribution in [0, 0.1) is 0 Å². The van der Waals surface area contributed by atoms with Gasteiger partial charge in [-0.05, 0) is 48.5 Å². The molecule has 47 heavy (non-hydrogen) atoms. The molecule has 0 radical (unpaired) electrons. The summed E-state index contributed by atoms with van der Waals surface area (Å²) in [4.78, 5) is 0. The van der Waals surface area contributed by atoms with Crippen LogP contribution in [-0.2, 0) is 28.4 Å². The van der Waals surface area contributed by atoms with Gasteiger partial charge in [0.25, 0.3) is 0 Å². The van der Waals surface area contributed by atoms with Gasteiger partial charge in [-0.2, -0.15) is 43.2 Å². The van der Waals surface area contributed by atoms with Gasteiger partial charge in [-0.1, -0.05) is 72.8 Å². The van der Waals surface area contributed by atoms with Crippen LogP contribution in [0.4, 0.5) is 26.3 Å². The molecule has 4 aromatic rings. The second-order valence-corrected chi connectivity index (χ2v) is 23.6. The Bertz CT molecular complexity index is 1600. The SMILES string of the molecule is O=S(=O)(OC[P+](CCC[P+](POS(=O)(=O)C(F)(F)F)(c1ccccc1)c1ccccc1)(c1ccccc1)c1ccccc1)C(F)(F)F. The van der Waals surface area contributed by atoms with Crippen LogP contribution in [0.3, 0.4) is 0 Å². The first kappa shape index (κ1) is 37.4. The summed E-state index contributed by atoms with van der Waals surface area (Å²) in [5.41, 5.74) is -11.3. The van der Waals surface area contributed by atoms with Crippen molar-refractivity contribution in [1.29, 1.82) is 0 Å². The molecule has 0 saturated carbocycles. The molecule has 0 aromatic heterocycles. The van der Waals surface area contributed by atoms with E-state index < -0.39 is 60.3 Å². The molecular weight excluding hydrogens is 727 g/mol. The predicted octanol–water partition coefficient (Wildman–Crippen LogP) is 6.91. The molecule has 252 valence electrons. The molecule has 0 amide bonds. The van der Waals surface area contributed by atoms with Crippen molar-refractivity contribution in [3.8, 4) is 0 Å². The zero-order valence-electron chi connectivity index (χ0n) is 24.3. The fourth-order valence-corrected chi connectivity index (χ4v) is 18.7. The summed E-state index contributed by atoms with van der Waals surface area (Å²) in [7, 11) is -16.3. The summed E-state index contributed by atoms with van der Waals surface area (Å²) in [5.74, 6) is 0. The Morgan fingerprint density at radius 2 is 0.894 bits per heavy atom. The van der Waals surface area contributed by atoms with Crippen molar-refractivity contribution in [2.45, 2.75) is 17.4 Å². The van der Waals surface area contributed by atoms with Gasteiger partial charge in [0.1, 0.15) is 35.4 Å². The van der Waals surface area contributed by atoms with E-state index in [0.29, 0.717) is 21.2 Å². The smallest absolute Gasteiger partial charge is 0.224 e. The number of halogens is 6. The molecule has 0 aliphatic rings. The van der Waals surface area contributed by atoms with Crippen LogP contribution in [0.2, 0.25) is 0 Å². The molecule has 17 heteroatoms. The number of hydrogen-bond donors (Lipinski definition) is 0. The first-order valence-electron chi connectivity index (χ1n) is 13.7. The van der Waals surface area contributed by atoms with Gasteiger partial charge in [0.05, 0.1) is 12.3 Å². The summed E-state index contributed by atoms with van der Waals surface area (Å²) < 4.78 is 139. The largest absolute Gasteiger partial charge is 0.523 e. The second kappa shape index (κ2) is 15.0. The highest BCUT2D eigenvalue weighted by molar-refractivity contribution is 8.38. The van der Waals surface area contributed by atoms with Gasteiger partial charge in [-0.3, -0.25) is 0 Å². The summed E-state index contributed by atoms with van der Waals surface area (Å²) in [6.07, 6.45) is -0.536. The van der Waals surface area contributed by atoms with Crippen molar-refractivity contribution in [2.75, 3.05) is 18.7 Å². The molecule has 0 spiro atoms. The highest BCUT2D eigenvalue weighted by Crippen LogP contribution is 2.74. The number of hydrogen-bond acceptors (Lipinski definition) is 6. The lowest BCUT2D eigenvalue weighted by atomic mass is 10.4. The van der Waals surface area contributed by atoms with Crippen molar-refractivity contribution in [3.63, 3.8) is 0 Å². The van der Waals surface area contributed by atoms with E-state index in [1.54, 1.807) is 121 Å². The van der Waals surface area contributed by atoms with E-state index in [1.165, 1.54) is 0 Å². The van der Waals surface area contributed by atoms with Crippen molar-refractivity contribution < 1.29 is 51.3 Å². The Labute approximate surface area is 272 Å². The van der Waals surface area contributed by atoms with Gasteiger partial charge >= 0.3 is 31.3 Å². The van der Waals surface area contributed by atoms with Crippen LogP contribution in [0.5, 0.6) is 0 Å². The zero-order chi connectivity index (χ0) is 34.4. The lowest BCUT2D eigenvalue weighted by molar-refractivity contribution is -0.0531. The average molecular weight is 757 g/mol. The molecule has 0 aliphatic heterocycles. The van der Waals surface area contributed by atoms with Gasteiger partial charge in [0, 0.05) is 6.42 Å². The fraction of sp³-hybridized carbons (Fsp3) is 0.200. The van der Waals surface area contributed by atoms with Crippen molar-refractivity contribution >= 4 is 64.2 Å². The molecule has 0 bridgehead atoms. The minimum Gasteiger partial charge on any atom is -0.224 e. The first-order valence-corrected chi connectivity index (χ1v) is 22.4. The average Bonchev–Trinajstić information content (AvgIpc) is 3.05. The van der Waals surface area contributed by atoms with Crippen molar-refractivity contribution in [3.05, 3.63) is 121 Å². The highest BCUT2D eigenvalue weighted by Gasteiger charge is 2.54. The second-order valence-electron chi connectivity index (χ2n) is 10.1. The Hall–Kier alpha value is -2.43. The van der Waals surface area contributed by atoms with Gasteiger partial charge in [0.15, 0.2) is 6.35 Å². The van der Waals surface area contributed by atoms with Gasteiger partial charge < -0.3 is 0 Å². The van der Waals surface area contributed by atoms with E-state index in [0.717, 1.165) is 0 Å². The number of rotatable bonds is 14. The minimum atomic E-state index is -5.98. The summed E-state index contributed by atoms with van der Waals surface area (Å²) >= 11 is 0. The highest BCUT2D eigenvalue weighted by atomic mass is 32.3. The maximum absolute atomic E-state index is 13.4. The molecule has 0 heterocycles. The van der Waals surface area contributed by atoms with Crippen LogP contribution in [0.1, 0.15) is 6.42 Å². The van der Waals surface area contributed by atoms with Crippen LogP contribution >= 0.6 is 22.7 Å². The maximum Gasteiger partial charge on any atom is 0.523 e. The number of benzene rings is 4. The number of alkyl halides is 6. The summed E-state index contributed by atoms with van der Waals surface area (Å²) in [6.45, 7) is -3.11. The topological polar surface area (TPSA) is 86.7 Å². The van der Waals surface area contributed by atoms with Crippen LogP contribution in [0.25, 0.3) is 0 Å².